The second-order valence-corrected chi connectivity index (χ2v) is 3.08. The van der Waals surface area contributed by atoms with Crippen LogP contribution in [0.1, 0.15) is 6.92 Å². The van der Waals surface area contributed by atoms with Crippen molar-refractivity contribution in [1.29, 1.82) is 0 Å². The van der Waals surface area contributed by atoms with Gasteiger partial charge in [-0.1, -0.05) is 0 Å². The van der Waals surface area contributed by atoms with Crippen LogP contribution in [0.5, 0.6) is 0 Å². The fraction of sp³-hybridized carbons (Fsp3) is 0.909. The summed E-state index contributed by atoms with van der Waals surface area (Å²) in [5.41, 5.74) is 0. The number of hydrogen-bond acceptors (Lipinski definition) is 6. The summed E-state index contributed by atoms with van der Waals surface area (Å²) in [5, 5.41) is 0. The molecule has 0 aliphatic rings. The Hall–Kier alpha value is -0.690. The maximum absolute atomic E-state index is 11.0. The minimum atomic E-state index is -0.392. The van der Waals surface area contributed by atoms with Crippen molar-refractivity contribution in [2.75, 3.05) is 60.0 Å². The number of esters is 1. The molecule has 0 aliphatic heterocycles. The molecule has 17 heavy (non-hydrogen) atoms. The van der Waals surface area contributed by atoms with Crippen molar-refractivity contribution < 1.29 is 28.5 Å². The van der Waals surface area contributed by atoms with E-state index in [1.165, 1.54) is 0 Å². The Balaban J connectivity index is 3.08. The van der Waals surface area contributed by atoms with Gasteiger partial charge in [0.05, 0.1) is 33.0 Å². The van der Waals surface area contributed by atoms with Gasteiger partial charge in [0.25, 0.3) is 0 Å². The van der Waals surface area contributed by atoms with Gasteiger partial charge in [0.15, 0.2) is 0 Å². The molecule has 0 bridgehead atoms. The molecular formula is C11H22O6. The van der Waals surface area contributed by atoms with E-state index in [0.717, 1.165) is 0 Å². The number of carbonyl (C=O) groups is 1. The zero-order valence-electron chi connectivity index (χ0n) is 10.6. The molecule has 0 fully saturated rings. The molecule has 0 saturated heterocycles. The van der Waals surface area contributed by atoms with Crippen LogP contribution >= 0.6 is 0 Å². The predicted molar refractivity (Wildman–Crippen MR) is 61.0 cm³/mol. The van der Waals surface area contributed by atoms with Crippen LogP contribution in [-0.4, -0.2) is 65.9 Å². The fourth-order valence-corrected chi connectivity index (χ4v) is 0.918. The third-order valence-electron chi connectivity index (χ3n) is 1.72. The third-order valence-corrected chi connectivity index (χ3v) is 1.72. The van der Waals surface area contributed by atoms with Crippen molar-refractivity contribution in [3.8, 4) is 0 Å². The highest BCUT2D eigenvalue weighted by atomic mass is 16.6. The first-order valence-corrected chi connectivity index (χ1v) is 5.69. The summed E-state index contributed by atoms with van der Waals surface area (Å²) in [6.07, 6.45) is 0. The Morgan fingerprint density at radius 2 is 1.53 bits per heavy atom. The lowest BCUT2D eigenvalue weighted by molar-refractivity contribution is -0.150. The maximum atomic E-state index is 11.0. The number of carbonyl (C=O) groups excluding carboxylic acids is 1. The van der Waals surface area contributed by atoms with Crippen molar-refractivity contribution in [1.82, 2.24) is 0 Å². The molecule has 6 nitrogen and oxygen atoms in total. The zero-order chi connectivity index (χ0) is 12.8. The lowest BCUT2D eigenvalue weighted by atomic mass is 10.6. The summed E-state index contributed by atoms with van der Waals surface area (Å²) in [5.74, 6) is -0.392. The number of ether oxygens (including phenoxy) is 5. The standard InChI is InChI=1S/C11H22O6/c1-3-14-5-6-15-7-8-16-10-11(12)17-9-4-13-2/h3-10H2,1-2H3. The van der Waals surface area contributed by atoms with Gasteiger partial charge < -0.3 is 23.7 Å². The smallest absolute Gasteiger partial charge is 0.332 e. The largest absolute Gasteiger partial charge is 0.462 e. The summed E-state index contributed by atoms with van der Waals surface area (Å²) in [7, 11) is 1.55. The second kappa shape index (κ2) is 13.4. The van der Waals surface area contributed by atoms with Crippen LogP contribution in [0.4, 0.5) is 0 Å². The van der Waals surface area contributed by atoms with E-state index in [1.54, 1.807) is 7.11 Å². The number of methoxy groups -OCH3 is 1. The van der Waals surface area contributed by atoms with Crippen molar-refractivity contribution in [3.63, 3.8) is 0 Å². The monoisotopic (exact) mass is 250 g/mol. The first kappa shape index (κ1) is 16.3. The van der Waals surface area contributed by atoms with Crippen LogP contribution < -0.4 is 0 Å². The van der Waals surface area contributed by atoms with Crippen LogP contribution in [0.3, 0.4) is 0 Å². The Morgan fingerprint density at radius 3 is 2.18 bits per heavy atom. The highest BCUT2D eigenvalue weighted by Crippen LogP contribution is 1.84. The highest BCUT2D eigenvalue weighted by Gasteiger charge is 2.01. The summed E-state index contributed by atoms with van der Waals surface area (Å²) < 4.78 is 24.9. The average Bonchev–Trinajstić information content (AvgIpc) is 2.33. The van der Waals surface area contributed by atoms with E-state index < -0.39 is 5.97 Å². The molecule has 0 unspecified atom stereocenters. The summed E-state index contributed by atoms with van der Waals surface area (Å²) in [6, 6.07) is 0. The van der Waals surface area contributed by atoms with E-state index in [9.17, 15) is 4.79 Å². The summed E-state index contributed by atoms with van der Waals surface area (Å²) >= 11 is 0. The van der Waals surface area contributed by atoms with Crippen molar-refractivity contribution in [2.45, 2.75) is 6.92 Å². The van der Waals surface area contributed by atoms with Gasteiger partial charge >= 0.3 is 5.97 Å². The van der Waals surface area contributed by atoms with E-state index in [-0.39, 0.29) is 13.2 Å². The molecule has 0 atom stereocenters. The Bertz CT molecular complexity index is 173. The molecule has 0 amide bonds. The van der Waals surface area contributed by atoms with Crippen LogP contribution in [0.2, 0.25) is 0 Å². The van der Waals surface area contributed by atoms with Gasteiger partial charge in [0.2, 0.25) is 0 Å². The molecule has 0 aromatic heterocycles. The van der Waals surface area contributed by atoms with E-state index in [4.69, 9.17) is 23.7 Å². The predicted octanol–water partition coefficient (Wildman–Crippen LogP) is 0.246. The minimum Gasteiger partial charge on any atom is -0.462 e. The molecule has 6 heteroatoms. The molecular weight excluding hydrogens is 228 g/mol. The lowest BCUT2D eigenvalue weighted by Crippen LogP contribution is -2.17. The van der Waals surface area contributed by atoms with Gasteiger partial charge in [0, 0.05) is 13.7 Å². The lowest BCUT2D eigenvalue weighted by Gasteiger charge is -2.06. The molecule has 0 heterocycles. The van der Waals surface area contributed by atoms with Gasteiger partial charge in [-0.05, 0) is 6.92 Å². The van der Waals surface area contributed by atoms with E-state index >= 15 is 0 Å². The van der Waals surface area contributed by atoms with Crippen molar-refractivity contribution in [3.05, 3.63) is 0 Å². The highest BCUT2D eigenvalue weighted by molar-refractivity contribution is 5.70. The summed E-state index contributed by atoms with van der Waals surface area (Å²) in [4.78, 5) is 11.0. The van der Waals surface area contributed by atoms with Gasteiger partial charge in [-0.3, -0.25) is 0 Å². The van der Waals surface area contributed by atoms with Gasteiger partial charge in [-0.25, -0.2) is 4.79 Å². The van der Waals surface area contributed by atoms with Crippen LogP contribution in [0.25, 0.3) is 0 Å². The van der Waals surface area contributed by atoms with Gasteiger partial charge in [-0.2, -0.15) is 0 Å². The molecule has 0 saturated carbocycles. The Morgan fingerprint density at radius 1 is 0.882 bits per heavy atom. The molecule has 102 valence electrons. The van der Waals surface area contributed by atoms with Gasteiger partial charge in [-0.15, -0.1) is 0 Å². The molecule has 0 spiro atoms. The first-order valence-electron chi connectivity index (χ1n) is 5.69. The molecule has 0 aromatic rings. The van der Waals surface area contributed by atoms with Crippen LogP contribution in [0, 0.1) is 0 Å². The second-order valence-electron chi connectivity index (χ2n) is 3.08. The molecule has 0 N–H and O–H groups in total. The Kier molecular flexibility index (Phi) is 12.8. The molecule has 0 aliphatic carbocycles. The van der Waals surface area contributed by atoms with Crippen LogP contribution in [-0.2, 0) is 28.5 Å². The molecule has 0 radical (unpaired) electrons. The minimum absolute atomic E-state index is 0.0570. The third kappa shape index (κ3) is 13.2. The van der Waals surface area contributed by atoms with E-state index in [2.05, 4.69) is 0 Å². The van der Waals surface area contributed by atoms with Crippen LogP contribution in [0.15, 0.2) is 0 Å². The fourth-order valence-electron chi connectivity index (χ4n) is 0.918. The molecule has 0 rings (SSSR count). The topological polar surface area (TPSA) is 63.2 Å². The van der Waals surface area contributed by atoms with E-state index in [0.29, 0.717) is 39.6 Å². The average molecular weight is 250 g/mol. The maximum Gasteiger partial charge on any atom is 0.332 e. The quantitative estimate of drug-likeness (QED) is 0.365. The van der Waals surface area contributed by atoms with Crippen molar-refractivity contribution in [2.24, 2.45) is 0 Å². The first-order chi connectivity index (χ1) is 8.31. The normalized spacial score (nSPS) is 10.5. The van der Waals surface area contributed by atoms with E-state index in [1.807, 2.05) is 6.92 Å². The SMILES string of the molecule is CCOCCOCCOCC(=O)OCCOC. The van der Waals surface area contributed by atoms with Crippen molar-refractivity contribution >= 4 is 5.97 Å². The number of rotatable bonds is 12. The zero-order valence-corrected chi connectivity index (χ0v) is 10.6. The molecule has 0 aromatic carbocycles. The number of hydrogen-bond donors (Lipinski definition) is 0. The van der Waals surface area contributed by atoms with Gasteiger partial charge in [0.1, 0.15) is 13.2 Å². The summed E-state index contributed by atoms with van der Waals surface area (Å²) in [6.45, 7) is 5.13. The Labute approximate surface area is 102 Å².